The summed E-state index contributed by atoms with van der Waals surface area (Å²) in [5.41, 5.74) is 1.48. The number of hydrogen-bond donors (Lipinski definition) is 1. The van der Waals surface area contributed by atoms with E-state index in [4.69, 9.17) is 0 Å². The summed E-state index contributed by atoms with van der Waals surface area (Å²) in [4.78, 5) is 14.5. The van der Waals surface area contributed by atoms with Gasteiger partial charge in [-0.25, -0.2) is 4.52 Å². The van der Waals surface area contributed by atoms with Gasteiger partial charge in [-0.15, -0.1) is 0 Å². The first kappa shape index (κ1) is 8.90. The fourth-order valence-electron chi connectivity index (χ4n) is 1.65. The molecule has 0 aliphatic heterocycles. The van der Waals surface area contributed by atoms with E-state index in [1.807, 2.05) is 18.2 Å². The molecule has 1 aromatic carbocycles. The van der Waals surface area contributed by atoms with Crippen LogP contribution in [0.15, 0.2) is 35.3 Å². The Morgan fingerprint density at radius 1 is 1.33 bits per heavy atom. The topological polar surface area (TPSA) is 50.2 Å². The molecule has 1 N–H and O–H groups in total. The van der Waals surface area contributed by atoms with Crippen LogP contribution in [0.1, 0.15) is 0 Å². The number of hydrogen-bond acceptors (Lipinski definition) is 2. The predicted molar refractivity (Wildman–Crippen MR) is 66.0 cm³/mol. The van der Waals surface area contributed by atoms with Crippen LogP contribution in [0.4, 0.5) is 0 Å². The second kappa shape index (κ2) is 3.06. The molecule has 5 heteroatoms. The van der Waals surface area contributed by atoms with Crippen LogP contribution in [0.2, 0.25) is 0 Å². The molecule has 0 aliphatic carbocycles. The van der Waals surface area contributed by atoms with Gasteiger partial charge in [-0.1, -0.05) is 0 Å². The van der Waals surface area contributed by atoms with E-state index in [9.17, 15) is 4.79 Å². The first-order chi connectivity index (χ1) is 7.25. The highest BCUT2D eigenvalue weighted by molar-refractivity contribution is 14.1. The van der Waals surface area contributed by atoms with Gasteiger partial charge in [0.25, 0.3) is 5.56 Å². The molecule has 0 spiro atoms. The van der Waals surface area contributed by atoms with Gasteiger partial charge in [0.15, 0.2) is 0 Å². The van der Waals surface area contributed by atoms with E-state index in [0.29, 0.717) is 11.0 Å². The number of halogens is 1. The summed E-state index contributed by atoms with van der Waals surface area (Å²) in [7, 11) is 0. The van der Waals surface area contributed by atoms with Crippen molar-refractivity contribution in [1.82, 2.24) is 14.6 Å². The molecule has 0 amide bonds. The van der Waals surface area contributed by atoms with Gasteiger partial charge in [-0.2, -0.15) is 5.10 Å². The van der Waals surface area contributed by atoms with Crippen molar-refractivity contribution in [1.29, 1.82) is 0 Å². The molecule has 3 aromatic rings. The van der Waals surface area contributed by atoms with Crippen molar-refractivity contribution in [3.63, 3.8) is 0 Å². The molecule has 0 saturated carbocycles. The van der Waals surface area contributed by atoms with E-state index < -0.39 is 0 Å². The largest absolute Gasteiger partial charge is 0.306 e. The standard InChI is InChI=1S/C10H6IN3O/c11-6-1-2-8-7(5-6)10(15)13-9-3-4-12-14(8)9/h1-5H,(H,13,15). The van der Waals surface area contributed by atoms with E-state index >= 15 is 0 Å². The van der Waals surface area contributed by atoms with Gasteiger partial charge < -0.3 is 4.98 Å². The maximum Gasteiger partial charge on any atom is 0.259 e. The highest BCUT2D eigenvalue weighted by atomic mass is 127. The molecule has 0 bridgehead atoms. The third kappa shape index (κ3) is 1.26. The summed E-state index contributed by atoms with van der Waals surface area (Å²) in [6.45, 7) is 0. The fourth-order valence-corrected chi connectivity index (χ4v) is 2.14. The number of nitrogens with one attached hydrogen (secondary N) is 1. The van der Waals surface area contributed by atoms with Gasteiger partial charge in [0.2, 0.25) is 0 Å². The quantitative estimate of drug-likeness (QED) is 0.644. The molecule has 0 fully saturated rings. The zero-order valence-corrected chi connectivity index (χ0v) is 9.72. The normalized spacial score (nSPS) is 11.3. The lowest BCUT2D eigenvalue weighted by Gasteiger charge is -2.00. The Balaban J connectivity index is 2.67. The first-order valence-corrected chi connectivity index (χ1v) is 5.49. The summed E-state index contributed by atoms with van der Waals surface area (Å²) in [6, 6.07) is 7.50. The fraction of sp³-hybridized carbons (Fsp3) is 0. The lowest BCUT2D eigenvalue weighted by Crippen LogP contribution is -2.09. The second-order valence-electron chi connectivity index (χ2n) is 3.24. The van der Waals surface area contributed by atoms with Crippen LogP contribution in [-0.4, -0.2) is 14.6 Å². The van der Waals surface area contributed by atoms with Crippen molar-refractivity contribution in [2.75, 3.05) is 0 Å². The van der Waals surface area contributed by atoms with Crippen LogP contribution < -0.4 is 5.56 Å². The van der Waals surface area contributed by atoms with E-state index in [1.54, 1.807) is 16.8 Å². The summed E-state index contributed by atoms with van der Waals surface area (Å²) >= 11 is 2.18. The van der Waals surface area contributed by atoms with E-state index in [2.05, 4.69) is 32.7 Å². The van der Waals surface area contributed by atoms with Crippen molar-refractivity contribution in [2.45, 2.75) is 0 Å². The highest BCUT2D eigenvalue weighted by Crippen LogP contribution is 2.14. The number of aromatic amines is 1. The summed E-state index contributed by atoms with van der Waals surface area (Å²) < 4.78 is 2.77. The molecule has 2 aromatic heterocycles. The maximum atomic E-state index is 11.7. The van der Waals surface area contributed by atoms with Gasteiger partial charge in [0, 0.05) is 9.64 Å². The molecule has 0 unspecified atom stereocenters. The van der Waals surface area contributed by atoms with E-state index in [1.165, 1.54) is 0 Å². The van der Waals surface area contributed by atoms with Crippen LogP contribution in [0.5, 0.6) is 0 Å². The Morgan fingerprint density at radius 2 is 2.20 bits per heavy atom. The smallest absolute Gasteiger partial charge is 0.259 e. The van der Waals surface area contributed by atoms with E-state index in [-0.39, 0.29) is 5.56 Å². The van der Waals surface area contributed by atoms with Gasteiger partial charge in [0.1, 0.15) is 5.65 Å². The van der Waals surface area contributed by atoms with Crippen molar-refractivity contribution in [2.24, 2.45) is 0 Å². The van der Waals surface area contributed by atoms with Crippen LogP contribution in [0.25, 0.3) is 16.6 Å². The molecule has 0 radical (unpaired) electrons. The summed E-state index contributed by atoms with van der Waals surface area (Å²) in [6.07, 6.45) is 1.67. The number of rotatable bonds is 0. The monoisotopic (exact) mass is 311 g/mol. The molecule has 0 atom stereocenters. The first-order valence-electron chi connectivity index (χ1n) is 4.41. The zero-order chi connectivity index (χ0) is 10.4. The Labute approximate surface area is 98.1 Å². The number of aromatic nitrogens is 3. The van der Waals surface area contributed by atoms with Crippen molar-refractivity contribution >= 4 is 39.1 Å². The number of H-pyrrole nitrogens is 1. The zero-order valence-electron chi connectivity index (χ0n) is 7.57. The van der Waals surface area contributed by atoms with Crippen LogP contribution in [0, 0.1) is 3.57 Å². The molecule has 4 nitrogen and oxygen atoms in total. The minimum Gasteiger partial charge on any atom is -0.306 e. The van der Waals surface area contributed by atoms with Crippen LogP contribution >= 0.6 is 22.6 Å². The number of benzene rings is 1. The van der Waals surface area contributed by atoms with Gasteiger partial charge in [-0.05, 0) is 40.8 Å². The lowest BCUT2D eigenvalue weighted by atomic mass is 10.2. The average molecular weight is 311 g/mol. The van der Waals surface area contributed by atoms with Crippen molar-refractivity contribution in [3.05, 3.63) is 44.4 Å². The molecular weight excluding hydrogens is 305 g/mol. The second-order valence-corrected chi connectivity index (χ2v) is 4.49. The molecule has 15 heavy (non-hydrogen) atoms. The summed E-state index contributed by atoms with van der Waals surface area (Å²) in [5.74, 6) is 0. The Kier molecular flexibility index (Phi) is 1.82. The maximum absolute atomic E-state index is 11.7. The van der Waals surface area contributed by atoms with Crippen LogP contribution in [-0.2, 0) is 0 Å². The number of nitrogens with zero attached hydrogens (tertiary/aromatic N) is 2. The highest BCUT2D eigenvalue weighted by Gasteiger charge is 2.04. The van der Waals surface area contributed by atoms with Crippen molar-refractivity contribution in [3.8, 4) is 0 Å². The van der Waals surface area contributed by atoms with Gasteiger partial charge in [-0.3, -0.25) is 4.79 Å². The number of fused-ring (bicyclic) bond motifs is 3. The third-order valence-corrected chi connectivity index (χ3v) is 2.99. The van der Waals surface area contributed by atoms with Gasteiger partial charge in [0.05, 0.1) is 17.1 Å². The Hall–Kier alpha value is -1.37. The molecule has 0 saturated heterocycles. The van der Waals surface area contributed by atoms with Gasteiger partial charge >= 0.3 is 0 Å². The van der Waals surface area contributed by atoms with E-state index in [0.717, 1.165) is 9.09 Å². The SMILES string of the molecule is O=c1[nH]c2ccnn2c2ccc(I)cc12. The molecule has 0 aliphatic rings. The van der Waals surface area contributed by atoms with Crippen LogP contribution in [0.3, 0.4) is 0 Å². The summed E-state index contributed by atoms with van der Waals surface area (Å²) in [5, 5.41) is 4.83. The Morgan fingerprint density at radius 3 is 3.07 bits per heavy atom. The predicted octanol–water partition coefficient (Wildman–Crippen LogP) is 1.78. The molecule has 74 valence electrons. The lowest BCUT2D eigenvalue weighted by molar-refractivity contribution is 0.977. The third-order valence-electron chi connectivity index (χ3n) is 2.32. The Bertz CT molecular complexity index is 713. The van der Waals surface area contributed by atoms with Crippen molar-refractivity contribution < 1.29 is 0 Å². The molecule has 3 rings (SSSR count). The molecular formula is C10H6IN3O. The average Bonchev–Trinajstić information content (AvgIpc) is 2.66. The molecule has 2 heterocycles. The minimum absolute atomic E-state index is 0.0727. The minimum atomic E-state index is -0.0727.